The number of aromatic nitrogens is 2. The van der Waals surface area contributed by atoms with E-state index in [9.17, 15) is 4.79 Å². The van der Waals surface area contributed by atoms with Gasteiger partial charge in [0.1, 0.15) is 29.6 Å². The number of pyridine rings is 1. The van der Waals surface area contributed by atoms with E-state index in [1.807, 2.05) is 24.3 Å². The molecule has 0 unspecified atom stereocenters. The van der Waals surface area contributed by atoms with Gasteiger partial charge in [0.25, 0.3) is 0 Å². The first-order valence-electron chi connectivity index (χ1n) is 8.92. The van der Waals surface area contributed by atoms with Crippen molar-refractivity contribution in [3.05, 3.63) is 65.8 Å². The molecule has 3 heterocycles. The topological polar surface area (TPSA) is 89.7 Å². The maximum Gasteiger partial charge on any atom is 0.322 e. The summed E-state index contributed by atoms with van der Waals surface area (Å²) in [6.07, 6.45) is 3.94. The van der Waals surface area contributed by atoms with Gasteiger partial charge >= 0.3 is 6.03 Å². The van der Waals surface area contributed by atoms with Crippen molar-refractivity contribution in [3.8, 4) is 11.5 Å². The van der Waals surface area contributed by atoms with E-state index in [1.165, 1.54) is 0 Å². The van der Waals surface area contributed by atoms with Gasteiger partial charge in [0.05, 0.1) is 19.9 Å². The average molecular weight is 380 g/mol. The zero-order valence-corrected chi connectivity index (χ0v) is 15.4. The summed E-state index contributed by atoms with van der Waals surface area (Å²) < 4.78 is 16.3. The molecule has 144 valence electrons. The van der Waals surface area contributed by atoms with Gasteiger partial charge in [-0.3, -0.25) is 4.98 Å². The van der Waals surface area contributed by atoms with E-state index in [0.717, 1.165) is 11.3 Å². The lowest BCUT2D eigenvalue weighted by Gasteiger charge is -2.26. The number of ether oxygens (including phenoxy) is 2. The second-order valence-corrected chi connectivity index (χ2v) is 6.34. The highest BCUT2D eigenvalue weighted by Gasteiger charge is 2.27. The highest BCUT2D eigenvalue weighted by Crippen LogP contribution is 2.25. The number of anilines is 1. The maximum atomic E-state index is 12.7. The third kappa shape index (κ3) is 3.90. The summed E-state index contributed by atoms with van der Waals surface area (Å²) in [5.74, 6) is 2.14. The van der Waals surface area contributed by atoms with E-state index in [-0.39, 0.29) is 12.6 Å². The molecule has 0 bridgehead atoms. The first kappa shape index (κ1) is 17.8. The number of fused-ring (bicyclic) bond motifs is 1. The average Bonchev–Trinajstić information content (AvgIpc) is 3.15. The fourth-order valence-corrected chi connectivity index (χ4v) is 3.04. The Labute approximate surface area is 162 Å². The minimum Gasteiger partial charge on any atom is -0.497 e. The molecule has 0 atom stereocenters. The van der Waals surface area contributed by atoms with Crippen LogP contribution in [0.15, 0.2) is 53.3 Å². The van der Waals surface area contributed by atoms with Crippen molar-refractivity contribution in [2.45, 2.75) is 19.6 Å². The number of methoxy groups -OCH3 is 1. The molecule has 1 aromatic carbocycles. The van der Waals surface area contributed by atoms with Crippen LogP contribution >= 0.6 is 0 Å². The van der Waals surface area contributed by atoms with Crippen molar-refractivity contribution >= 4 is 11.7 Å². The van der Waals surface area contributed by atoms with Crippen LogP contribution in [0.2, 0.25) is 0 Å². The second-order valence-electron chi connectivity index (χ2n) is 6.34. The van der Waals surface area contributed by atoms with E-state index >= 15 is 0 Å². The molecule has 0 radical (unpaired) electrons. The number of nitrogens with one attached hydrogen (secondary N) is 1. The lowest BCUT2D eigenvalue weighted by atomic mass is 10.1. The molecule has 1 aliphatic heterocycles. The van der Waals surface area contributed by atoms with Crippen LogP contribution < -0.4 is 14.8 Å². The molecule has 28 heavy (non-hydrogen) atoms. The SMILES string of the molecule is COc1cccc(NC(=O)N2CCc3onc(COc4cccnc4)c3C2)c1. The standard InChI is InChI=1S/C20H20N4O4/c1-26-15-5-2-4-14(10-15)22-20(25)24-9-7-19-17(12-24)18(23-28-19)13-27-16-6-3-8-21-11-16/h2-6,8,10-11H,7,9,12-13H2,1H3,(H,22,25). The quantitative estimate of drug-likeness (QED) is 0.731. The van der Waals surface area contributed by atoms with Crippen LogP contribution in [0.4, 0.5) is 10.5 Å². The Hall–Kier alpha value is -3.55. The van der Waals surface area contributed by atoms with Crippen molar-refractivity contribution in [1.82, 2.24) is 15.0 Å². The largest absolute Gasteiger partial charge is 0.497 e. The number of carbonyl (C=O) groups is 1. The number of hydrogen-bond acceptors (Lipinski definition) is 6. The molecular formula is C20H20N4O4. The number of benzene rings is 1. The zero-order chi connectivity index (χ0) is 19.3. The highest BCUT2D eigenvalue weighted by molar-refractivity contribution is 5.89. The number of nitrogens with zero attached hydrogens (tertiary/aromatic N) is 3. The molecule has 0 saturated heterocycles. The fourth-order valence-electron chi connectivity index (χ4n) is 3.04. The van der Waals surface area contributed by atoms with Gasteiger partial charge in [0.2, 0.25) is 0 Å². The molecule has 8 heteroatoms. The predicted octanol–water partition coefficient (Wildman–Crippen LogP) is 3.25. The van der Waals surface area contributed by atoms with Gasteiger partial charge < -0.3 is 24.2 Å². The van der Waals surface area contributed by atoms with Crippen LogP contribution in [0.25, 0.3) is 0 Å². The van der Waals surface area contributed by atoms with E-state index in [4.69, 9.17) is 14.0 Å². The van der Waals surface area contributed by atoms with Crippen molar-refractivity contribution in [2.24, 2.45) is 0 Å². The van der Waals surface area contributed by atoms with Crippen LogP contribution in [0.5, 0.6) is 11.5 Å². The van der Waals surface area contributed by atoms with Crippen molar-refractivity contribution < 1.29 is 18.8 Å². The maximum absolute atomic E-state index is 12.7. The number of carbonyl (C=O) groups excluding carboxylic acids is 1. The summed E-state index contributed by atoms with van der Waals surface area (Å²) in [4.78, 5) is 18.4. The summed E-state index contributed by atoms with van der Waals surface area (Å²) in [6.45, 7) is 1.23. The van der Waals surface area contributed by atoms with Gasteiger partial charge in [-0.05, 0) is 24.3 Å². The Morgan fingerprint density at radius 2 is 2.18 bits per heavy atom. The molecule has 0 saturated carbocycles. The molecular weight excluding hydrogens is 360 g/mol. The molecule has 2 amide bonds. The molecule has 0 fully saturated rings. The van der Waals surface area contributed by atoms with E-state index < -0.39 is 0 Å². The smallest absolute Gasteiger partial charge is 0.322 e. The third-order valence-electron chi connectivity index (χ3n) is 4.53. The van der Waals surface area contributed by atoms with Gasteiger partial charge in [-0.25, -0.2) is 4.79 Å². The Morgan fingerprint density at radius 1 is 1.29 bits per heavy atom. The minimum absolute atomic E-state index is 0.181. The molecule has 8 nitrogen and oxygen atoms in total. The molecule has 3 aromatic rings. The molecule has 4 rings (SSSR count). The minimum atomic E-state index is -0.181. The summed E-state index contributed by atoms with van der Waals surface area (Å²) in [6, 6.07) is 10.7. The van der Waals surface area contributed by atoms with Crippen LogP contribution in [0.1, 0.15) is 17.0 Å². The Bertz CT molecular complexity index is 958. The van der Waals surface area contributed by atoms with Crippen LogP contribution in [-0.2, 0) is 19.6 Å². The lowest BCUT2D eigenvalue weighted by Crippen LogP contribution is -2.38. The van der Waals surface area contributed by atoms with E-state index in [0.29, 0.717) is 42.4 Å². The van der Waals surface area contributed by atoms with E-state index in [1.54, 1.807) is 36.5 Å². The highest BCUT2D eigenvalue weighted by atomic mass is 16.5. The van der Waals surface area contributed by atoms with Crippen LogP contribution in [0.3, 0.4) is 0 Å². The predicted molar refractivity (Wildman–Crippen MR) is 101 cm³/mol. The molecule has 1 N–H and O–H groups in total. The summed E-state index contributed by atoms with van der Waals surface area (Å²) >= 11 is 0. The number of rotatable bonds is 5. The fraction of sp³-hybridized carbons (Fsp3) is 0.250. The van der Waals surface area contributed by atoms with Gasteiger partial charge in [0.15, 0.2) is 0 Å². The Balaban J connectivity index is 1.42. The summed E-state index contributed by atoms with van der Waals surface area (Å²) in [5.41, 5.74) is 2.27. The van der Waals surface area contributed by atoms with E-state index in [2.05, 4.69) is 15.5 Å². The number of urea groups is 1. The van der Waals surface area contributed by atoms with Gasteiger partial charge in [-0.2, -0.15) is 0 Å². The molecule has 0 aliphatic carbocycles. The van der Waals surface area contributed by atoms with Gasteiger partial charge in [0, 0.05) is 36.5 Å². The first-order valence-corrected chi connectivity index (χ1v) is 8.92. The second kappa shape index (κ2) is 7.99. The molecule has 1 aliphatic rings. The number of hydrogen-bond donors (Lipinski definition) is 1. The molecule has 2 aromatic heterocycles. The van der Waals surface area contributed by atoms with Crippen molar-refractivity contribution in [3.63, 3.8) is 0 Å². The lowest BCUT2D eigenvalue weighted by molar-refractivity contribution is 0.202. The van der Waals surface area contributed by atoms with Gasteiger partial charge in [-0.1, -0.05) is 11.2 Å². The van der Waals surface area contributed by atoms with Crippen LogP contribution in [0, 0.1) is 0 Å². The molecule has 0 spiro atoms. The Kier molecular flexibility index (Phi) is 5.09. The first-order chi connectivity index (χ1) is 13.7. The summed E-state index contributed by atoms with van der Waals surface area (Å²) in [5, 5.41) is 7.02. The summed E-state index contributed by atoms with van der Waals surface area (Å²) in [7, 11) is 1.59. The normalized spacial score (nSPS) is 13.0. The van der Waals surface area contributed by atoms with Crippen molar-refractivity contribution in [2.75, 3.05) is 19.0 Å². The number of amides is 2. The zero-order valence-electron chi connectivity index (χ0n) is 15.4. The van der Waals surface area contributed by atoms with Gasteiger partial charge in [-0.15, -0.1) is 0 Å². The van der Waals surface area contributed by atoms with Crippen molar-refractivity contribution in [1.29, 1.82) is 0 Å². The monoisotopic (exact) mass is 380 g/mol. The Morgan fingerprint density at radius 3 is 3.00 bits per heavy atom. The third-order valence-corrected chi connectivity index (χ3v) is 4.53. The van der Waals surface area contributed by atoms with Crippen LogP contribution in [-0.4, -0.2) is 34.7 Å².